The second-order valence-corrected chi connectivity index (χ2v) is 7.20. The summed E-state index contributed by atoms with van der Waals surface area (Å²) in [6.07, 6.45) is 0.140. The van der Waals surface area contributed by atoms with Gasteiger partial charge in [-0.15, -0.1) is 0 Å². The fourth-order valence-electron chi connectivity index (χ4n) is 2.51. The highest BCUT2D eigenvalue weighted by Crippen LogP contribution is 2.32. The third-order valence-electron chi connectivity index (χ3n) is 3.76. The second-order valence-electron chi connectivity index (χ2n) is 5.29. The van der Waals surface area contributed by atoms with Gasteiger partial charge in [0.05, 0.1) is 12.7 Å². The van der Waals surface area contributed by atoms with Crippen LogP contribution in [0.1, 0.15) is 20.3 Å². The molecular formula is C14H22N2O4S. The van der Waals surface area contributed by atoms with Crippen LogP contribution in [0.15, 0.2) is 23.1 Å². The summed E-state index contributed by atoms with van der Waals surface area (Å²) in [5.74, 6) is 0.281. The minimum Gasteiger partial charge on any atom is -0.492 e. The maximum atomic E-state index is 12.8. The monoisotopic (exact) mass is 314 g/mol. The molecule has 2 rings (SSSR count). The van der Waals surface area contributed by atoms with E-state index in [-0.39, 0.29) is 10.8 Å². The first-order valence-corrected chi connectivity index (χ1v) is 8.50. The standard InChI is InChI=1S/C14H22N2O4S/c1-3-20-13-5-4-12(15)8-14(13)21(18,19)16-7-6-11(9-16)10(2)17/h4-5,8,10-11,17H,3,6-7,9,15H2,1-2H3. The highest BCUT2D eigenvalue weighted by molar-refractivity contribution is 7.89. The van der Waals surface area contributed by atoms with Crippen molar-refractivity contribution in [3.63, 3.8) is 0 Å². The molecular weight excluding hydrogens is 292 g/mol. The molecule has 1 saturated heterocycles. The Morgan fingerprint density at radius 1 is 1.52 bits per heavy atom. The van der Waals surface area contributed by atoms with Crippen LogP contribution in [-0.2, 0) is 10.0 Å². The lowest BCUT2D eigenvalue weighted by molar-refractivity contribution is 0.133. The fraction of sp³-hybridized carbons (Fsp3) is 0.571. The van der Waals surface area contributed by atoms with Gasteiger partial charge in [0.25, 0.3) is 0 Å². The van der Waals surface area contributed by atoms with Crippen LogP contribution in [0, 0.1) is 5.92 Å². The molecule has 21 heavy (non-hydrogen) atoms. The molecule has 0 spiro atoms. The SMILES string of the molecule is CCOc1ccc(N)cc1S(=O)(=O)N1CCC(C(C)O)C1. The minimum absolute atomic E-state index is 0.0311. The number of nitrogen functional groups attached to an aromatic ring is 1. The molecule has 0 bridgehead atoms. The van der Waals surface area contributed by atoms with Crippen molar-refractivity contribution < 1.29 is 18.3 Å². The van der Waals surface area contributed by atoms with Gasteiger partial charge in [-0.05, 0) is 44.4 Å². The smallest absolute Gasteiger partial charge is 0.246 e. The van der Waals surface area contributed by atoms with E-state index in [1.165, 1.54) is 10.4 Å². The summed E-state index contributed by atoms with van der Waals surface area (Å²) in [6.45, 7) is 4.58. The number of benzene rings is 1. The number of sulfonamides is 1. The van der Waals surface area contributed by atoms with E-state index in [2.05, 4.69) is 0 Å². The minimum atomic E-state index is -3.66. The molecule has 3 N–H and O–H groups in total. The molecule has 6 nitrogen and oxygen atoms in total. The van der Waals surface area contributed by atoms with Crippen molar-refractivity contribution in [2.45, 2.75) is 31.3 Å². The van der Waals surface area contributed by atoms with Crippen LogP contribution in [0.4, 0.5) is 5.69 Å². The van der Waals surface area contributed by atoms with Crippen molar-refractivity contribution in [3.05, 3.63) is 18.2 Å². The van der Waals surface area contributed by atoms with Crippen LogP contribution in [0.3, 0.4) is 0 Å². The van der Waals surface area contributed by atoms with Crippen molar-refractivity contribution in [1.29, 1.82) is 0 Å². The lowest BCUT2D eigenvalue weighted by atomic mass is 10.0. The molecule has 1 fully saturated rings. The van der Waals surface area contributed by atoms with Gasteiger partial charge in [-0.3, -0.25) is 0 Å². The average molecular weight is 314 g/mol. The molecule has 2 atom stereocenters. The molecule has 2 unspecified atom stereocenters. The number of ether oxygens (including phenoxy) is 1. The summed E-state index contributed by atoms with van der Waals surface area (Å²) in [6, 6.07) is 4.62. The molecule has 0 aromatic heterocycles. The highest BCUT2D eigenvalue weighted by atomic mass is 32.2. The number of nitrogens with zero attached hydrogens (tertiary/aromatic N) is 1. The maximum Gasteiger partial charge on any atom is 0.246 e. The zero-order valence-electron chi connectivity index (χ0n) is 12.3. The molecule has 7 heteroatoms. The lowest BCUT2D eigenvalue weighted by Crippen LogP contribution is -2.31. The fourth-order valence-corrected chi connectivity index (χ4v) is 4.18. The molecule has 1 aliphatic heterocycles. The van der Waals surface area contributed by atoms with Crippen LogP contribution in [0.25, 0.3) is 0 Å². The Morgan fingerprint density at radius 3 is 2.81 bits per heavy atom. The largest absolute Gasteiger partial charge is 0.492 e. The first-order chi connectivity index (χ1) is 9.86. The molecule has 1 aromatic carbocycles. The summed E-state index contributed by atoms with van der Waals surface area (Å²) >= 11 is 0. The number of nitrogens with two attached hydrogens (primary N) is 1. The van der Waals surface area contributed by atoms with Crippen LogP contribution >= 0.6 is 0 Å². The van der Waals surface area contributed by atoms with Crippen molar-refractivity contribution >= 4 is 15.7 Å². The van der Waals surface area contributed by atoms with Crippen LogP contribution < -0.4 is 10.5 Å². The van der Waals surface area contributed by atoms with Gasteiger partial charge in [0, 0.05) is 18.8 Å². The van der Waals surface area contributed by atoms with Gasteiger partial charge in [0.2, 0.25) is 10.0 Å². The predicted octanol–water partition coefficient (Wildman–Crippen LogP) is 1.06. The molecule has 1 heterocycles. The molecule has 0 radical (unpaired) electrons. The Balaban J connectivity index is 2.34. The van der Waals surface area contributed by atoms with E-state index in [1.807, 2.05) is 0 Å². The number of anilines is 1. The van der Waals surface area contributed by atoms with Crippen molar-refractivity contribution in [2.75, 3.05) is 25.4 Å². The van der Waals surface area contributed by atoms with Gasteiger partial charge in [-0.2, -0.15) is 4.31 Å². The van der Waals surface area contributed by atoms with Crippen LogP contribution in [0.2, 0.25) is 0 Å². The zero-order valence-corrected chi connectivity index (χ0v) is 13.1. The lowest BCUT2D eigenvalue weighted by Gasteiger charge is -2.19. The van der Waals surface area contributed by atoms with Crippen molar-refractivity contribution in [2.24, 2.45) is 5.92 Å². The Kier molecular flexibility index (Phi) is 4.75. The first-order valence-electron chi connectivity index (χ1n) is 7.06. The van der Waals surface area contributed by atoms with E-state index in [9.17, 15) is 13.5 Å². The molecule has 118 valence electrons. The molecule has 0 amide bonds. The number of aliphatic hydroxyl groups is 1. The van der Waals surface area contributed by atoms with Crippen LogP contribution in [-0.4, -0.2) is 43.6 Å². The summed E-state index contributed by atoms with van der Waals surface area (Å²) in [4.78, 5) is 0.0931. The molecule has 0 saturated carbocycles. The first kappa shape index (κ1) is 16.1. The number of rotatable bonds is 5. The van der Waals surface area contributed by atoms with Gasteiger partial charge in [0.1, 0.15) is 10.6 Å². The van der Waals surface area contributed by atoms with Crippen molar-refractivity contribution in [1.82, 2.24) is 4.31 Å². The number of aliphatic hydroxyl groups excluding tert-OH is 1. The number of hydrogen-bond acceptors (Lipinski definition) is 5. The Bertz CT molecular complexity index is 601. The van der Waals surface area contributed by atoms with Gasteiger partial charge >= 0.3 is 0 Å². The summed E-state index contributed by atoms with van der Waals surface area (Å²) < 4.78 is 32.3. The molecule has 1 aliphatic rings. The topological polar surface area (TPSA) is 92.9 Å². The predicted molar refractivity (Wildman–Crippen MR) is 80.6 cm³/mol. The Morgan fingerprint density at radius 2 is 2.24 bits per heavy atom. The van der Waals surface area contributed by atoms with E-state index in [1.54, 1.807) is 26.0 Å². The third-order valence-corrected chi connectivity index (χ3v) is 5.64. The maximum absolute atomic E-state index is 12.8. The molecule has 0 aliphatic carbocycles. The number of hydrogen-bond donors (Lipinski definition) is 2. The molecule has 1 aromatic rings. The van der Waals surface area contributed by atoms with Crippen molar-refractivity contribution in [3.8, 4) is 5.75 Å². The Labute approximate surface area is 125 Å². The summed E-state index contributed by atoms with van der Waals surface area (Å²) in [5.41, 5.74) is 6.09. The van der Waals surface area contributed by atoms with Gasteiger partial charge < -0.3 is 15.6 Å². The average Bonchev–Trinajstić information content (AvgIpc) is 2.91. The van der Waals surface area contributed by atoms with Gasteiger partial charge in [-0.1, -0.05) is 0 Å². The van der Waals surface area contributed by atoms with E-state index < -0.39 is 16.1 Å². The summed E-state index contributed by atoms with van der Waals surface area (Å²) in [5, 5.41) is 9.62. The van der Waals surface area contributed by atoms with Gasteiger partial charge in [-0.25, -0.2) is 8.42 Å². The van der Waals surface area contributed by atoms with E-state index in [0.717, 1.165) is 0 Å². The van der Waals surface area contributed by atoms with Gasteiger partial charge in [0.15, 0.2) is 0 Å². The van der Waals surface area contributed by atoms with E-state index >= 15 is 0 Å². The zero-order chi connectivity index (χ0) is 15.6. The Hall–Kier alpha value is -1.31. The quantitative estimate of drug-likeness (QED) is 0.793. The normalized spacial score (nSPS) is 21.4. The second kappa shape index (κ2) is 6.21. The third kappa shape index (κ3) is 3.30. The van der Waals surface area contributed by atoms with E-state index in [0.29, 0.717) is 37.6 Å². The summed E-state index contributed by atoms with van der Waals surface area (Å²) in [7, 11) is -3.66. The van der Waals surface area contributed by atoms with Crippen LogP contribution in [0.5, 0.6) is 5.75 Å². The van der Waals surface area contributed by atoms with E-state index in [4.69, 9.17) is 10.5 Å². The highest BCUT2D eigenvalue weighted by Gasteiger charge is 2.36.